The second-order valence-electron chi connectivity index (χ2n) is 6.13. The molecule has 2 N–H and O–H groups in total. The lowest BCUT2D eigenvalue weighted by molar-refractivity contribution is -0.117. The van der Waals surface area contributed by atoms with Gasteiger partial charge in [0, 0.05) is 24.2 Å². The van der Waals surface area contributed by atoms with Gasteiger partial charge in [-0.15, -0.1) is 0 Å². The van der Waals surface area contributed by atoms with Crippen LogP contribution in [0.3, 0.4) is 0 Å². The van der Waals surface area contributed by atoms with E-state index >= 15 is 0 Å². The van der Waals surface area contributed by atoms with E-state index in [1.807, 2.05) is 0 Å². The lowest BCUT2D eigenvalue weighted by Gasteiger charge is -2.15. The average Bonchev–Trinajstić information content (AvgIpc) is 3.12. The van der Waals surface area contributed by atoms with E-state index in [2.05, 4.69) is 10.6 Å². The molecule has 0 atom stereocenters. The minimum atomic E-state index is -0.357. The van der Waals surface area contributed by atoms with Crippen LogP contribution in [0.4, 0.5) is 11.4 Å². The fraction of sp³-hybridized carbons (Fsp3) is 0.250. The third-order valence-electron chi connectivity index (χ3n) is 4.31. The molecular weight excluding hydrogens is 346 g/mol. The van der Waals surface area contributed by atoms with E-state index in [0.717, 1.165) is 12.1 Å². The smallest absolute Gasteiger partial charge is 0.251 e. The maximum atomic E-state index is 12.2. The van der Waals surface area contributed by atoms with Gasteiger partial charge >= 0.3 is 0 Å². The first-order valence-corrected chi connectivity index (χ1v) is 8.70. The highest BCUT2D eigenvalue weighted by molar-refractivity contribution is 6.00. The van der Waals surface area contributed by atoms with Crippen molar-refractivity contribution in [2.45, 2.75) is 12.8 Å². The molecule has 7 nitrogen and oxygen atoms in total. The summed E-state index contributed by atoms with van der Waals surface area (Å²) in [5.74, 6) is -0.0685. The van der Waals surface area contributed by atoms with Crippen molar-refractivity contribution >= 4 is 29.1 Å². The number of nitrogens with zero attached hydrogens (tertiary/aromatic N) is 1. The van der Waals surface area contributed by atoms with Crippen molar-refractivity contribution in [2.75, 3.05) is 30.4 Å². The van der Waals surface area contributed by atoms with Crippen LogP contribution in [-0.4, -0.2) is 37.9 Å². The Morgan fingerprint density at radius 1 is 1.11 bits per heavy atom. The molecule has 0 saturated carbocycles. The number of nitrogens with one attached hydrogen (secondary N) is 2. The van der Waals surface area contributed by atoms with E-state index in [-0.39, 0.29) is 24.3 Å². The second kappa shape index (κ2) is 8.35. The molecule has 3 amide bonds. The van der Waals surface area contributed by atoms with Gasteiger partial charge in [0.1, 0.15) is 5.75 Å². The zero-order valence-corrected chi connectivity index (χ0v) is 15.0. The van der Waals surface area contributed by atoms with E-state index in [1.165, 1.54) is 7.11 Å². The maximum Gasteiger partial charge on any atom is 0.251 e. The molecule has 0 aromatic heterocycles. The topological polar surface area (TPSA) is 87.7 Å². The second-order valence-corrected chi connectivity index (χ2v) is 6.13. The fourth-order valence-electron chi connectivity index (χ4n) is 2.92. The summed E-state index contributed by atoms with van der Waals surface area (Å²) in [4.78, 5) is 37.8. The predicted octanol–water partition coefficient (Wildman–Crippen LogP) is 2.19. The van der Waals surface area contributed by atoms with Crippen LogP contribution in [0, 0.1) is 0 Å². The van der Waals surface area contributed by atoms with Gasteiger partial charge in [0.05, 0.1) is 19.3 Å². The van der Waals surface area contributed by atoms with Gasteiger partial charge in [0.2, 0.25) is 11.8 Å². The summed E-state index contributed by atoms with van der Waals surface area (Å²) in [6, 6.07) is 13.8. The molecule has 2 aromatic carbocycles. The minimum Gasteiger partial charge on any atom is -0.495 e. The molecule has 7 heteroatoms. The highest BCUT2D eigenvalue weighted by Gasteiger charge is 2.21. The Labute approximate surface area is 157 Å². The Balaban J connectivity index is 1.54. The molecule has 1 fully saturated rings. The van der Waals surface area contributed by atoms with Crippen LogP contribution >= 0.6 is 0 Å². The Bertz CT molecular complexity index is 849. The number of anilines is 2. The highest BCUT2D eigenvalue weighted by Crippen LogP contribution is 2.23. The van der Waals surface area contributed by atoms with Crippen molar-refractivity contribution in [1.82, 2.24) is 5.32 Å². The number of methoxy groups -OCH3 is 1. The van der Waals surface area contributed by atoms with Gasteiger partial charge < -0.3 is 20.3 Å². The first-order valence-electron chi connectivity index (χ1n) is 8.70. The molecule has 0 radical (unpaired) electrons. The number of carbonyl (C=O) groups excluding carboxylic acids is 3. The average molecular weight is 367 g/mol. The summed E-state index contributed by atoms with van der Waals surface area (Å²) in [5, 5.41) is 5.28. The number of ether oxygens (including phenoxy) is 1. The molecule has 0 bridgehead atoms. The van der Waals surface area contributed by atoms with Crippen LogP contribution < -0.4 is 20.3 Å². The largest absolute Gasteiger partial charge is 0.495 e. The van der Waals surface area contributed by atoms with Gasteiger partial charge in [0.25, 0.3) is 5.91 Å². The summed E-state index contributed by atoms with van der Waals surface area (Å²) >= 11 is 0. The zero-order chi connectivity index (χ0) is 19.2. The van der Waals surface area contributed by atoms with Gasteiger partial charge in [-0.05, 0) is 42.8 Å². The molecule has 27 heavy (non-hydrogen) atoms. The van der Waals surface area contributed by atoms with Crippen molar-refractivity contribution in [3.63, 3.8) is 0 Å². The van der Waals surface area contributed by atoms with Gasteiger partial charge in [-0.3, -0.25) is 14.4 Å². The van der Waals surface area contributed by atoms with E-state index in [9.17, 15) is 14.4 Å². The number of rotatable bonds is 6. The first kappa shape index (κ1) is 18.4. The molecule has 1 aliphatic rings. The minimum absolute atomic E-state index is 0.0974. The standard InChI is InChI=1S/C20H21N3O4/c1-27-17-6-3-2-5-16(17)22-18(24)13-21-20(26)14-8-10-15(11-9-14)23-12-4-7-19(23)25/h2-3,5-6,8-11H,4,7,12-13H2,1H3,(H,21,26)(H,22,24). The zero-order valence-electron chi connectivity index (χ0n) is 15.0. The fourth-order valence-corrected chi connectivity index (χ4v) is 2.92. The van der Waals surface area contributed by atoms with E-state index in [1.54, 1.807) is 53.4 Å². The van der Waals surface area contributed by atoms with Crippen molar-refractivity contribution in [1.29, 1.82) is 0 Å². The number of amides is 3. The van der Waals surface area contributed by atoms with E-state index in [0.29, 0.717) is 30.0 Å². The van der Waals surface area contributed by atoms with Gasteiger partial charge in [0.15, 0.2) is 0 Å². The molecular formula is C20H21N3O4. The number of benzene rings is 2. The molecule has 0 aliphatic carbocycles. The van der Waals surface area contributed by atoms with Gasteiger partial charge in [-0.1, -0.05) is 12.1 Å². The molecule has 140 valence electrons. The van der Waals surface area contributed by atoms with Crippen LogP contribution in [0.15, 0.2) is 48.5 Å². The number of hydrogen-bond acceptors (Lipinski definition) is 4. The molecule has 0 unspecified atom stereocenters. The van der Waals surface area contributed by atoms with Crippen LogP contribution in [0.1, 0.15) is 23.2 Å². The third kappa shape index (κ3) is 4.44. The van der Waals surface area contributed by atoms with Crippen LogP contribution in [0.5, 0.6) is 5.75 Å². The molecule has 0 spiro atoms. The van der Waals surface area contributed by atoms with Crippen molar-refractivity contribution in [3.05, 3.63) is 54.1 Å². The predicted molar refractivity (Wildman–Crippen MR) is 102 cm³/mol. The van der Waals surface area contributed by atoms with Crippen LogP contribution in [0.2, 0.25) is 0 Å². The quantitative estimate of drug-likeness (QED) is 0.819. The summed E-state index contributed by atoms with van der Waals surface area (Å²) in [6.07, 6.45) is 1.41. The molecule has 1 heterocycles. The molecule has 2 aromatic rings. The lowest BCUT2D eigenvalue weighted by atomic mass is 10.2. The SMILES string of the molecule is COc1ccccc1NC(=O)CNC(=O)c1ccc(N2CCCC2=O)cc1. The normalized spacial score (nSPS) is 13.4. The molecule has 3 rings (SSSR count). The van der Waals surface area contributed by atoms with Crippen molar-refractivity contribution in [2.24, 2.45) is 0 Å². The molecule has 1 aliphatic heterocycles. The van der Waals surface area contributed by atoms with Crippen LogP contribution in [0.25, 0.3) is 0 Å². The van der Waals surface area contributed by atoms with E-state index in [4.69, 9.17) is 4.74 Å². The van der Waals surface area contributed by atoms with Crippen molar-refractivity contribution in [3.8, 4) is 5.75 Å². The Morgan fingerprint density at radius 2 is 1.85 bits per heavy atom. The maximum absolute atomic E-state index is 12.2. The number of carbonyl (C=O) groups is 3. The summed E-state index contributed by atoms with van der Waals surface area (Å²) in [5.41, 5.74) is 1.75. The summed E-state index contributed by atoms with van der Waals surface area (Å²) in [6.45, 7) is 0.538. The monoisotopic (exact) mass is 367 g/mol. The molecule has 1 saturated heterocycles. The number of hydrogen-bond donors (Lipinski definition) is 2. The lowest BCUT2D eigenvalue weighted by Crippen LogP contribution is -2.33. The first-order chi connectivity index (χ1) is 13.1. The third-order valence-corrected chi connectivity index (χ3v) is 4.31. The van der Waals surface area contributed by atoms with E-state index < -0.39 is 0 Å². The Kier molecular flexibility index (Phi) is 5.71. The van der Waals surface area contributed by atoms with Gasteiger partial charge in [-0.2, -0.15) is 0 Å². The van der Waals surface area contributed by atoms with Gasteiger partial charge in [-0.25, -0.2) is 0 Å². The Morgan fingerprint density at radius 3 is 2.52 bits per heavy atom. The number of para-hydroxylation sites is 2. The summed E-state index contributed by atoms with van der Waals surface area (Å²) in [7, 11) is 1.52. The summed E-state index contributed by atoms with van der Waals surface area (Å²) < 4.78 is 5.17. The Hall–Kier alpha value is -3.35. The highest BCUT2D eigenvalue weighted by atomic mass is 16.5. The van der Waals surface area contributed by atoms with Crippen LogP contribution in [-0.2, 0) is 9.59 Å². The van der Waals surface area contributed by atoms with Crippen molar-refractivity contribution < 1.29 is 19.1 Å².